The molecule has 0 saturated heterocycles. The van der Waals surface area contributed by atoms with Gasteiger partial charge in [0.05, 0.1) is 11.1 Å². The molecule has 0 unspecified atom stereocenters. The Morgan fingerprint density at radius 1 is 1.06 bits per heavy atom. The van der Waals surface area contributed by atoms with E-state index in [0.29, 0.717) is 36.5 Å². The molecule has 2 heterocycles. The number of aromatic nitrogens is 1. The van der Waals surface area contributed by atoms with E-state index in [1.165, 1.54) is 19.1 Å². The Hall–Kier alpha value is -4.01. The summed E-state index contributed by atoms with van der Waals surface area (Å²) in [5, 5.41) is 5.67. The molecule has 2 aliphatic rings. The number of rotatable bonds is 6. The summed E-state index contributed by atoms with van der Waals surface area (Å²) in [6.45, 7) is 3.80. The zero-order chi connectivity index (χ0) is 24.8. The first kappa shape index (κ1) is 22.8. The number of alkyl halides is 2. The average molecular weight is 481 g/mol. The first-order chi connectivity index (χ1) is 16.6. The second-order valence-corrected chi connectivity index (χ2v) is 8.84. The van der Waals surface area contributed by atoms with Crippen LogP contribution in [0.15, 0.2) is 54.6 Å². The molecule has 3 aromatic rings. The van der Waals surface area contributed by atoms with Gasteiger partial charge in [0.25, 0.3) is 0 Å². The molecule has 0 bridgehead atoms. The van der Waals surface area contributed by atoms with Gasteiger partial charge in [-0.3, -0.25) is 9.59 Å². The van der Waals surface area contributed by atoms with Gasteiger partial charge in [-0.1, -0.05) is 30.3 Å². The van der Waals surface area contributed by atoms with Crippen LogP contribution >= 0.6 is 0 Å². The fourth-order valence-corrected chi connectivity index (χ4v) is 4.20. The highest BCUT2D eigenvalue weighted by Crippen LogP contribution is 2.52. The molecule has 1 fully saturated rings. The minimum Gasteiger partial charge on any atom is -0.395 e. The molecule has 1 aliphatic carbocycles. The highest BCUT2D eigenvalue weighted by Gasteiger charge is 2.53. The van der Waals surface area contributed by atoms with Crippen molar-refractivity contribution < 1.29 is 29.3 Å². The summed E-state index contributed by atoms with van der Waals surface area (Å²) >= 11 is 0. The van der Waals surface area contributed by atoms with E-state index in [1.54, 1.807) is 12.1 Å². The van der Waals surface area contributed by atoms with Gasteiger partial charge >= 0.3 is 6.29 Å². The Morgan fingerprint density at radius 2 is 1.83 bits per heavy atom. The van der Waals surface area contributed by atoms with Crippen molar-refractivity contribution in [3.8, 4) is 22.8 Å². The van der Waals surface area contributed by atoms with Crippen LogP contribution in [0.4, 0.5) is 14.6 Å². The summed E-state index contributed by atoms with van der Waals surface area (Å²) in [7, 11) is 0. The molecule has 7 nitrogen and oxygen atoms in total. The number of aryl methyl sites for hydroxylation is 1. The second-order valence-electron chi connectivity index (χ2n) is 8.84. The lowest BCUT2D eigenvalue weighted by Gasteiger charge is -2.17. The second kappa shape index (κ2) is 8.33. The predicted octanol–water partition coefficient (Wildman–Crippen LogP) is 4.93. The molecule has 1 aliphatic heterocycles. The maximum atomic E-state index is 13.4. The van der Waals surface area contributed by atoms with E-state index >= 15 is 0 Å². The van der Waals surface area contributed by atoms with Crippen LogP contribution in [0.1, 0.15) is 37.9 Å². The van der Waals surface area contributed by atoms with Crippen LogP contribution in [0.25, 0.3) is 11.3 Å². The fraction of sp³-hybridized carbons (Fsp3) is 0.269. The van der Waals surface area contributed by atoms with Crippen LogP contribution in [0.5, 0.6) is 11.5 Å². The Balaban J connectivity index is 0.00000304. The maximum absolute atomic E-state index is 13.4. The zero-order valence-corrected chi connectivity index (χ0v) is 19.2. The summed E-state index contributed by atoms with van der Waals surface area (Å²) < 4.78 is 35.8. The van der Waals surface area contributed by atoms with Gasteiger partial charge in [0, 0.05) is 20.5 Å². The van der Waals surface area contributed by atoms with Crippen LogP contribution < -0.4 is 20.1 Å². The lowest BCUT2D eigenvalue weighted by atomic mass is 9.94. The molecule has 0 radical (unpaired) electrons. The number of anilines is 1. The normalized spacial score (nSPS) is 16.5. The van der Waals surface area contributed by atoms with Crippen molar-refractivity contribution >= 4 is 17.6 Å². The number of nitrogens with zero attached hydrogens (tertiary/aromatic N) is 1. The lowest BCUT2D eigenvalue weighted by Crippen LogP contribution is -2.28. The van der Waals surface area contributed by atoms with Crippen molar-refractivity contribution in [1.82, 2.24) is 10.3 Å². The fourth-order valence-electron chi connectivity index (χ4n) is 4.20. The maximum Gasteiger partial charge on any atom is 0.586 e. The number of benzene rings is 2. The van der Waals surface area contributed by atoms with E-state index in [9.17, 15) is 18.4 Å². The van der Waals surface area contributed by atoms with Crippen LogP contribution in [-0.2, 0) is 21.5 Å². The van der Waals surface area contributed by atoms with Gasteiger partial charge in [0.1, 0.15) is 5.82 Å². The summed E-state index contributed by atoms with van der Waals surface area (Å²) in [6, 6.07) is 15.7. The largest absolute Gasteiger partial charge is 0.586 e. The van der Waals surface area contributed by atoms with Crippen molar-refractivity contribution in [3.63, 3.8) is 0 Å². The molecular weight excluding hydrogens is 456 g/mol. The summed E-state index contributed by atoms with van der Waals surface area (Å²) in [4.78, 5) is 29.2. The molecule has 1 saturated carbocycles. The van der Waals surface area contributed by atoms with Crippen molar-refractivity contribution in [2.75, 3.05) is 5.32 Å². The van der Waals surface area contributed by atoms with E-state index in [4.69, 9.17) is 0 Å². The molecule has 182 valence electrons. The first-order valence-electron chi connectivity index (χ1n) is 11.2. The van der Waals surface area contributed by atoms with Crippen molar-refractivity contribution in [2.45, 2.75) is 44.9 Å². The van der Waals surface area contributed by atoms with Crippen LogP contribution in [0.3, 0.4) is 0 Å². The molecule has 2 amide bonds. The minimum atomic E-state index is -3.71. The van der Waals surface area contributed by atoms with Crippen LogP contribution in [0.2, 0.25) is 0 Å². The Kier molecular flexibility index (Phi) is 5.42. The third kappa shape index (κ3) is 4.53. The molecule has 1 aromatic heterocycles. The number of halogens is 2. The van der Waals surface area contributed by atoms with Gasteiger partial charge in [-0.15, -0.1) is 8.78 Å². The SMILES string of the molecule is CC(=O)NCc1cccc(-c2nc(NC(=O)C3(c4ccc5c(c4)OC(F)(F)O5)CC3)ccc2C)c1.[HH]. The van der Waals surface area contributed by atoms with Gasteiger partial charge in [-0.2, -0.15) is 0 Å². The average Bonchev–Trinajstić information content (AvgIpc) is 3.56. The highest BCUT2D eigenvalue weighted by atomic mass is 19.3. The number of fused-ring (bicyclic) bond motifs is 1. The van der Waals surface area contributed by atoms with Crippen molar-refractivity contribution in [2.24, 2.45) is 0 Å². The lowest BCUT2D eigenvalue weighted by molar-refractivity contribution is -0.286. The Labute approximate surface area is 202 Å². The van der Waals surface area contributed by atoms with E-state index < -0.39 is 11.7 Å². The summed E-state index contributed by atoms with van der Waals surface area (Å²) in [6.07, 6.45) is -2.54. The quantitative estimate of drug-likeness (QED) is 0.521. The van der Waals surface area contributed by atoms with Gasteiger partial charge in [0.2, 0.25) is 11.8 Å². The highest BCUT2D eigenvalue weighted by molar-refractivity contribution is 6.01. The zero-order valence-electron chi connectivity index (χ0n) is 19.2. The topological polar surface area (TPSA) is 89.6 Å². The first-order valence-corrected chi connectivity index (χ1v) is 11.2. The van der Waals surface area contributed by atoms with Gasteiger partial charge in [-0.05, 0) is 60.7 Å². The molecule has 5 rings (SSSR count). The molecular formula is C26H25F2N3O4. The number of nitrogens with one attached hydrogen (secondary N) is 2. The van der Waals surface area contributed by atoms with Crippen molar-refractivity contribution in [1.29, 1.82) is 0 Å². The van der Waals surface area contributed by atoms with Gasteiger partial charge in [-0.25, -0.2) is 4.98 Å². The number of amides is 2. The third-order valence-electron chi connectivity index (χ3n) is 6.22. The number of hydrogen-bond acceptors (Lipinski definition) is 5. The molecule has 35 heavy (non-hydrogen) atoms. The van der Waals surface area contributed by atoms with E-state index in [2.05, 4.69) is 25.1 Å². The number of carbonyl (C=O) groups is 2. The molecule has 2 N–H and O–H groups in total. The number of carbonyl (C=O) groups excluding carboxylic acids is 2. The Bertz CT molecular complexity index is 1340. The molecule has 0 spiro atoms. The van der Waals surface area contributed by atoms with Crippen molar-refractivity contribution in [3.05, 3.63) is 71.3 Å². The summed E-state index contributed by atoms with van der Waals surface area (Å²) in [5.41, 5.74) is 3.19. The molecule has 0 atom stereocenters. The van der Waals surface area contributed by atoms with Crippen LogP contribution in [-0.4, -0.2) is 23.1 Å². The molecule has 2 aromatic carbocycles. The standard InChI is InChI=1S/C26H23F2N3O4.H2/c1-15-6-9-22(30-23(15)18-5-3-4-17(12-18)14-29-16(2)32)31-24(33)25(10-11-25)19-7-8-20-21(13-19)35-26(27,28)34-20;/h3-9,12-13H,10-11,14H2,1-2H3,(H,29,32)(H,30,31,33);1H. The van der Waals surface area contributed by atoms with Crippen LogP contribution in [0, 0.1) is 6.92 Å². The van der Waals surface area contributed by atoms with E-state index in [-0.39, 0.29) is 24.7 Å². The summed E-state index contributed by atoms with van der Waals surface area (Å²) in [5.74, 6) is -0.118. The van der Waals surface area contributed by atoms with Gasteiger partial charge < -0.3 is 20.1 Å². The predicted molar refractivity (Wildman–Crippen MR) is 126 cm³/mol. The number of ether oxygens (including phenoxy) is 2. The number of pyridine rings is 1. The smallest absolute Gasteiger partial charge is 0.395 e. The van der Waals surface area contributed by atoms with Gasteiger partial charge in [0.15, 0.2) is 11.5 Å². The van der Waals surface area contributed by atoms with E-state index in [0.717, 1.165) is 16.7 Å². The Morgan fingerprint density at radius 3 is 2.57 bits per heavy atom. The third-order valence-corrected chi connectivity index (χ3v) is 6.22. The molecule has 9 heteroatoms. The number of hydrogen-bond donors (Lipinski definition) is 2. The van der Waals surface area contributed by atoms with E-state index in [1.807, 2.05) is 37.3 Å². The monoisotopic (exact) mass is 481 g/mol. The minimum absolute atomic E-state index is 0.